The maximum absolute atomic E-state index is 8.13. The Hall–Kier alpha value is -6.34. The second-order valence-electron chi connectivity index (χ2n) is 15.5. The van der Waals surface area contributed by atoms with Gasteiger partial charge in [0.25, 0.3) is 0 Å². The van der Waals surface area contributed by atoms with Crippen LogP contribution in [0.1, 0.15) is 29.5 Å². The van der Waals surface area contributed by atoms with Crippen molar-refractivity contribution in [1.29, 1.82) is 0 Å². The highest BCUT2D eigenvalue weighted by molar-refractivity contribution is 8.31. The van der Waals surface area contributed by atoms with Gasteiger partial charge in [-0.25, -0.2) is 0 Å². The molecule has 0 aliphatic rings. The standard InChI is InChI=1S/C58H51BO2S2/c1-10-29-49(30-11-1)58(50-31-12-2-13-32-50,51-33-14-3-15-34-51)47-28-48-59(60-62(52-35-16-4-17-36-52,53-37-18-5-19-38-53)54-39-20-6-21-40-54)61-63(55-41-22-7-23-42-55,56-43-24-8-25-44-56)57-45-26-9-27-46-57/h1-27,29-46H,28,47-48H2. The Bertz CT molecular complexity index is 2310. The number of rotatable bonds is 17. The minimum absolute atomic E-state index is 0.432. The first-order chi connectivity index (χ1) is 31.2. The first-order valence-electron chi connectivity index (χ1n) is 21.7. The Morgan fingerprint density at radius 1 is 0.286 bits per heavy atom. The molecule has 310 valence electrons. The predicted octanol–water partition coefficient (Wildman–Crippen LogP) is 16.1. The van der Waals surface area contributed by atoms with Crippen LogP contribution in [0, 0.1) is 0 Å². The molecular formula is C58H51BO2S2. The Morgan fingerprint density at radius 3 is 0.714 bits per heavy atom. The summed E-state index contributed by atoms with van der Waals surface area (Å²) < 4.78 is 16.3. The van der Waals surface area contributed by atoms with Crippen molar-refractivity contribution in [2.75, 3.05) is 0 Å². The van der Waals surface area contributed by atoms with Crippen LogP contribution in [0.15, 0.2) is 302 Å². The molecule has 0 aliphatic heterocycles. The highest BCUT2D eigenvalue weighted by Gasteiger charge is 2.44. The van der Waals surface area contributed by atoms with Crippen LogP contribution in [0.5, 0.6) is 0 Å². The van der Waals surface area contributed by atoms with Crippen molar-refractivity contribution in [2.24, 2.45) is 0 Å². The van der Waals surface area contributed by atoms with E-state index in [0.717, 1.165) is 42.2 Å². The summed E-state index contributed by atoms with van der Waals surface area (Å²) in [5.41, 5.74) is 3.35. The van der Waals surface area contributed by atoms with E-state index in [9.17, 15) is 0 Å². The zero-order valence-corrected chi connectivity index (χ0v) is 36.9. The molecule has 0 aromatic heterocycles. The van der Waals surface area contributed by atoms with E-state index in [0.29, 0.717) is 6.32 Å². The molecule has 0 saturated carbocycles. The lowest BCUT2D eigenvalue weighted by Gasteiger charge is -2.47. The summed E-state index contributed by atoms with van der Waals surface area (Å²) in [5, 5.41) is 0. The van der Waals surface area contributed by atoms with E-state index in [4.69, 9.17) is 8.20 Å². The van der Waals surface area contributed by atoms with Crippen molar-refractivity contribution >= 4 is 27.7 Å². The zero-order chi connectivity index (χ0) is 42.6. The molecule has 2 nitrogen and oxygen atoms in total. The molecule has 9 rings (SSSR count). The van der Waals surface area contributed by atoms with Gasteiger partial charge in [-0.2, -0.15) is 0 Å². The van der Waals surface area contributed by atoms with Gasteiger partial charge in [0.05, 0.1) is 0 Å². The normalized spacial score (nSPS) is 12.3. The lowest BCUT2D eigenvalue weighted by atomic mass is 9.65. The van der Waals surface area contributed by atoms with E-state index in [1.165, 1.54) is 16.7 Å². The average molecular weight is 855 g/mol. The Labute approximate surface area is 377 Å². The minimum atomic E-state index is -2.38. The van der Waals surface area contributed by atoms with E-state index in [1.54, 1.807) is 0 Å². The van der Waals surface area contributed by atoms with Gasteiger partial charge >= 0.3 is 7.12 Å². The number of hydrogen-bond donors (Lipinski definition) is 0. The fourth-order valence-electron chi connectivity index (χ4n) is 8.89. The molecule has 5 heteroatoms. The van der Waals surface area contributed by atoms with E-state index in [-0.39, 0.29) is 0 Å². The molecule has 0 fully saturated rings. The van der Waals surface area contributed by atoms with Gasteiger partial charge in [0, 0.05) is 34.8 Å². The lowest BCUT2D eigenvalue weighted by molar-refractivity contribution is 0.457. The van der Waals surface area contributed by atoms with Gasteiger partial charge in [-0.15, -0.1) is 0 Å². The van der Waals surface area contributed by atoms with Crippen molar-refractivity contribution < 1.29 is 8.20 Å². The summed E-state index contributed by atoms with van der Waals surface area (Å²) in [7, 11) is -5.44. The fourth-order valence-corrected chi connectivity index (χ4v) is 15.4. The van der Waals surface area contributed by atoms with Crippen molar-refractivity contribution in [2.45, 2.75) is 53.9 Å². The molecule has 0 saturated heterocycles. The first-order valence-corrected chi connectivity index (χ1v) is 24.9. The van der Waals surface area contributed by atoms with Crippen molar-refractivity contribution in [3.63, 3.8) is 0 Å². The summed E-state index contributed by atoms with van der Waals surface area (Å²) in [6.07, 6.45) is 2.24. The Balaban J connectivity index is 1.25. The minimum Gasteiger partial charge on any atom is -0.349 e. The second-order valence-corrected chi connectivity index (χ2v) is 20.9. The average Bonchev–Trinajstić information content (AvgIpc) is 3.38. The molecule has 0 atom stereocenters. The van der Waals surface area contributed by atoms with Gasteiger partial charge in [-0.05, 0) is 102 Å². The van der Waals surface area contributed by atoms with Crippen LogP contribution in [0.4, 0.5) is 0 Å². The highest BCUT2D eigenvalue weighted by atomic mass is 32.3. The third-order valence-electron chi connectivity index (χ3n) is 11.7. The van der Waals surface area contributed by atoms with E-state index >= 15 is 0 Å². The number of benzene rings is 9. The Kier molecular flexibility index (Phi) is 13.2. The number of hydrogen-bond acceptors (Lipinski definition) is 2. The van der Waals surface area contributed by atoms with Gasteiger partial charge in [-0.1, -0.05) is 227 Å². The maximum atomic E-state index is 8.13. The predicted molar refractivity (Wildman–Crippen MR) is 265 cm³/mol. The molecule has 9 aromatic rings. The molecule has 9 aromatic carbocycles. The molecule has 0 aliphatic carbocycles. The van der Waals surface area contributed by atoms with E-state index in [2.05, 4.69) is 273 Å². The lowest BCUT2D eigenvalue weighted by Crippen LogP contribution is -2.32. The van der Waals surface area contributed by atoms with E-state index < -0.39 is 33.2 Å². The topological polar surface area (TPSA) is 18.5 Å². The van der Waals surface area contributed by atoms with Crippen LogP contribution in [-0.2, 0) is 13.6 Å². The van der Waals surface area contributed by atoms with Crippen LogP contribution in [0.2, 0.25) is 6.32 Å². The van der Waals surface area contributed by atoms with Gasteiger partial charge in [0.1, 0.15) is 0 Å². The maximum Gasteiger partial charge on any atom is 0.478 e. The molecule has 0 unspecified atom stereocenters. The van der Waals surface area contributed by atoms with Crippen molar-refractivity contribution in [3.8, 4) is 0 Å². The Morgan fingerprint density at radius 2 is 0.492 bits per heavy atom. The summed E-state index contributed by atoms with van der Waals surface area (Å²) in [5.74, 6) is 0. The summed E-state index contributed by atoms with van der Waals surface area (Å²) >= 11 is 0. The second kappa shape index (κ2) is 19.8. The molecular weight excluding hydrogens is 804 g/mol. The highest BCUT2D eigenvalue weighted by Crippen LogP contribution is 2.73. The first kappa shape index (κ1) is 42.0. The molecule has 0 radical (unpaired) electrons. The smallest absolute Gasteiger partial charge is 0.349 e. The van der Waals surface area contributed by atoms with Crippen LogP contribution in [0.25, 0.3) is 0 Å². The fraction of sp³-hybridized carbons (Fsp3) is 0.0690. The SMILES string of the molecule is c1ccc(C(CCCB(OS(c2ccccc2)(c2ccccc2)c2ccccc2)OS(c2ccccc2)(c2ccccc2)c2ccccc2)(c2ccccc2)c2ccccc2)cc1. The third kappa shape index (κ3) is 8.58. The van der Waals surface area contributed by atoms with Gasteiger partial charge in [-0.3, -0.25) is 0 Å². The monoisotopic (exact) mass is 854 g/mol. The van der Waals surface area contributed by atoms with Crippen LogP contribution >= 0.6 is 20.6 Å². The molecule has 63 heavy (non-hydrogen) atoms. The van der Waals surface area contributed by atoms with E-state index in [1.807, 2.05) is 0 Å². The summed E-state index contributed by atoms with van der Waals surface area (Å²) in [4.78, 5) is 6.68. The third-order valence-corrected chi connectivity index (χ3v) is 18.4. The summed E-state index contributed by atoms with van der Waals surface area (Å²) in [6, 6.07) is 97.8. The molecule has 0 bridgehead atoms. The van der Waals surface area contributed by atoms with Gasteiger partial charge < -0.3 is 8.20 Å². The molecule has 0 amide bonds. The summed E-state index contributed by atoms with van der Waals surface area (Å²) in [6.45, 7) is 0. The zero-order valence-electron chi connectivity index (χ0n) is 35.3. The van der Waals surface area contributed by atoms with Crippen molar-refractivity contribution in [1.82, 2.24) is 0 Å². The van der Waals surface area contributed by atoms with Gasteiger partial charge in [0.2, 0.25) is 0 Å². The van der Waals surface area contributed by atoms with Crippen LogP contribution in [0.3, 0.4) is 0 Å². The largest absolute Gasteiger partial charge is 0.478 e. The van der Waals surface area contributed by atoms with Crippen LogP contribution < -0.4 is 0 Å². The van der Waals surface area contributed by atoms with Crippen molar-refractivity contribution in [3.05, 3.63) is 290 Å². The van der Waals surface area contributed by atoms with Gasteiger partial charge in [0.15, 0.2) is 0 Å². The quantitative estimate of drug-likeness (QED) is 0.0671. The molecule has 0 N–H and O–H groups in total. The van der Waals surface area contributed by atoms with Crippen LogP contribution in [-0.4, -0.2) is 7.12 Å². The molecule has 0 spiro atoms. The molecule has 0 heterocycles.